The van der Waals surface area contributed by atoms with E-state index >= 15 is 0 Å². The van der Waals surface area contributed by atoms with E-state index < -0.39 is 17.6 Å². The van der Waals surface area contributed by atoms with Gasteiger partial charge in [0.1, 0.15) is 11.5 Å². The number of aromatic amines is 1. The van der Waals surface area contributed by atoms with Crippen molar-refractivity contribution in [3.63, 3.8) is 0 Å². The maximum Gasteiger partial charge on any atom is 0.416 e. The van der Waals surface area contributed by atoms with Crippen LogP contribution in [0.1, 0.15) is 26.3 Å². The number of carbonyl (C=O) groups excluding carboxylic acids is 2. The standard InChI is InChI=1S/C27H18F3N5O3/c28-27(29,30)18-6-1-4-16(12-18)25(36)32-19-7-2-8-20(13-19)38-21-9-10-22-23(14-21)34-35-24(22)33-26(37)17-5-3-11-31-15-17/h1-15H,(H,32,36)(H2,33,34,35,37). The summed E-state index contributed by atoms with van der Waals surface area (Å²) in [6.07, 6.45) is -1.53. The van der Waals surface area contributed by atoms with Crippen molar-refractivity contribution >= 4 is 34.2 Å². The number of hydrogen-bond donors (Lipinski definition) is 3. The number of aromatic nitrogens is 3. The van der Waals surface area contributed by atoms with Crippen LogP contribution >= 0.6 is 0 Å². The molecule has 0 radical (unpaired) electrons. The molecule has 2 heterocycles. The van der Waals surface area contributed by atoms with E-state index in [0.29, 0.717) is 39.5 Å². The SMILES string of the molecule is O=C(Nc1cccc(Oc2ccc3c(NC(=O)c4cccnc4)n[nH]c3c2)c1)c1cccc(C(F)(F)F)c1. The number of fused-ring (bicyclic) bond motifs is 1. The number of nitrogens with one attached hydrogen (secondary N) is 3. The molecule has 190 valence electrons. The van der Waals surface area contributed by atoms with Gasteiger partial charge in [0.25, 0.3) is 11.8 Å². The number of alkyl halides is 3. The van der Waals surface area contributed by atoms with E-state index in [1.165, 1.54) is 18.3 Å². The highest BCUT2D eigenvalue weighted by Gasteiger charge is 2.30. The summed E-state index contributed by atoms with van der Waals surface area (Å²) >= 11 is 0. The molecule has 2 amide bonds. The van der Waals surface area contributed by atoms with Gasteiger partial charge in [0.05, 0.1) is 16.6 Å². The molecule has 0 unspecified atom stereocenters. The zero-order valence-electron chi connectivity index (χ0n) is 19.4. The van der Waals surface area contributed by atoms with Crippen LogP contribution in [-0.4, -0.2) is 27.0 Å². The lowest BCUT2D eigenvalue weighted by molar-refractivity contribution is -0.137. The Bertz CT molecular complexity index is 1630. The number of amides is 2. The monoisotopic (exact) mass is 517 g/mol. The normalized spacial score (nSPS) is 11.2. The van der Waals surface area contributed by atoms with Gasteiger partial charge in [-0.2, -0.15) is 18.3 Å². The van der Waals surface area contributed by atoms with Gasteiger partial charge in [-0.1, -0.05) is 12.1 Å². The van der Waals surface area contributed by atoms with Crippen LogP contribution in [0, 0.1) is 0 Å². The number of carbonyl (C=O) groups is 2. The Labute approximate surface area is 213 Å². The molecule has 8 nitrogen and oxygen atoms in total. The minimum atomic E-state index is -4.55. The van der Waals surface area contributed by atoms with Crippen LogP contribution in [0.3, 0.4) is 0 Å². The Morgan fingerprint density at radius 3 is 2.37 bits per heavy atom. The number of nitrogens with zero attached hydrogens (tertiary/aromatic N) is 2. The number of H-pyrrole nitrogens is 1. The van der Waals surface area contributed by atoms with Crippen LogP contribution in [0.25, 0.3) is 10.9 Å². The second-order valence-corrected chi connectivity index (χ2v) is 8.14. The zero-order valence-corrected chi connectivity index (χ0v) is 19.4. The number of hydrogen-bond acceptors (Lipinski definition) is 5. The summed E-state index contributed by atoms with van der Waals surface area (Å²) in [5.74, 6) is 0.145. The summed E-state index contributed by atoms with van der Waals surface area (Å²) in [7, 11) is 0. The maximum atomic E-state index is 13.0. The van der Waals surface area contributed by atoms with Crippen LogP contribution in [0.15, 0.2) is 91.3 Å². The van der Waals surface area contributed by atoms with Gasteiger partial charge in [0.15, 0.2) is 5.82 Å². The van der Waals surface area contributed by atoms with E-state index in [1.807, 2.05) is 0 Å². The summed E-state index contributed by atoms with van der Waals surface area (Å²) in [5, 5.41) is 13.0. The molecule has 0 atom stereocenters. The molecule has 11 heteroatoms. The van der Waals surface area contributed by atoms with Gasteiger partial charge in [-0.25, -0.2) is 0 Å². The van der Waals surface area contributed by atoms with Gasteiger partial charge in [-0.3, -0.25) is 19.7 Å². The topological polar surface area (TPSA) is 109 Å². The van der Waals surface area contributed by atoms with Gasteiger partial charge in [0.2, 0.25) is 0 Å². The zero-order chi connectivity index (χ0) is 26.7. The second-order valence-electron chi connectivity index (χ2n) is 8.14. The number of rotatable bonds is 6. The molecule has 0 bridgehead atoms. The number of pyridine rings is 1. The molecular formula is C27H18F3N5O3. The maximum absolute atomic E-state index is 13.0. The van der Waals surface area contributed by atoms with E-state index in [9.17, 15) is 22.8 Å². The highest BCUT2D eigenvalue weighted by molar-refractivity contribution is 6.07. The predicted octanol–water partition coefficient (Wildman–Crippen LogP) is 6.27. The van der Waals surface area contributed by atoms with Crippen molar-refractivity contribution in [1.82, 2.24) is 15.2 Å². The Kier molecular flexibility index (Phi) is 6.48. The van der Waals surface area contributed by atoms with Gasteiger partial charge in [-0.15, -0.1) is 0 Å². The van der Waals surface area contributed by atoms with Crippen molar-refractivity contribution in [2.75, 3.05) is 10.6 Å². The fraction of sp³-hybridized carbons (Fsp3) is 0.0370. The lowest BCUT2D eigenvalue weighted by Crippen LogP contribution is -2.13. The van der Waals surface area contributed by atoms with E-state index in [0.717, 1.165) is 12.1 Å². The summed E-state index contributed by atoms with van der Waals surface area (Å²) in [4.78, 5) is 28.9. The van der Waals surface area contributed by atoms with Gasteiger partial charge < -0.3 is 15.4 Å². The molecule has 38 heavy (non-hydrogen) atoms. The Morgan fingerprint density at radius 2 is 1.58 bits per heavy atom. The highest BCUT2D eigenvalue weighted by atomic mass is 19.4. The highest BCUT2D eigenvalue weighted by Crippen LogP contribution is 2.31. The molecule has 0 aliphatic heterocycles. The van der Waals surface area contributed by atoms with E-state index in [-0.39, 0.29) is 11.5 Å². The molecule has 0 spiro atoms. The Hall–Kier alpha value is -5.19. The molecule has 0 saturated carbocycles. The van der Waals surface area contributed by atoms with Gasteiger partial charge in [0, 0.05) is 41.2 Å². The van der Waals surface area contributed by atoms with Crippen molar-refractivity contribution in [1.29, 1.82) is 0 Å². The van der Waals surface area contributed by atoms with Crippen molar-refractivity contribution in [2.45, 2.75) is 6.18 Å². The summed E-state index contributed by atoms with van der Waals surface area (Å²) in [6.45, 7) is 0. The molecular weight excluding hydrogens is 499 g/mol. The Balaban J connectivity index is 1.28. The van der Waals surface area contributed by atoms with E-state index in [1.54, 1.807) is 60.8 Å². The number of halogens is 3. The first-order valence-corrected chi connectivity index (χ1v) is 11.2. The summed E-state index contributed by atoms with van der Waals surface area (Å²) < 4.78 is 44.8. The van der Waals surface area contributed by atoms with Crippen molar-refractivity contribution in [3.05, 3.63) is 108 Å². The molecule has 5 rings (SSSR count). The molecule has 0 aliphatic carbocycles. The minimum absolute atomic E-state index is 0.123. The van der Waals surface area contributed by atoms with Crippen LogP contribution in [0.5, 0.6) is 11.5 Å². The number of anilines is 2. The average Bonchev–Trinajstić information content (AvgIpc) is 3.30. The van der Waals surface area contributed by atoms with Crippen molar-refractivity contribution < 1.29 is 27.5 Å². The van der Waals surface area contributed by atoms with Crippen molar-refractivity contribution in [2.24, 2.45) is 0 Å². The fourth-order valence-corrected chi connectivity index (χ4v) is 3.65. The molecule has 0 fully saturated rings. The molecule has 3 aromatic carbocycles. The fourth-order valence-electron chi connectivity index (χ4n) is 3.65. The first-order chi connectivity index (χ1) is 18.3. The average molecular weight is 517 g/mol. The third kappa shape index (κ3) is 5.46. The predicted molar refractivity (Wildman–Crippen MR) is 134 cm³/mol. The molecule has 3 N–H and O–H groups in total. The lowest BCUT2D eigenvalue weighted by atomic mass is 10.1. The number of benzene rings is 3. The van der Waals surface area contributed by atoms with Gasteiger partial charge in [-0.05, 0) is 54.6 Å². The molecule has 0 saturated heterocycles. The Morgan fingerprint density at radius 1 is 0.816 bits per heavy atom. The first kappa shape index (κ1) is 24.5. The third-order valence-corrected chi connectivity index (χ3v) is 5.47. The first-order valence-electron chi connectivity index (χ1n) is 11.2. The lowest BCUT2D eigenvalue weighted by Gasteiger charge is -2.11. The summed E-state index contributed by atoms with van der Waals surface area (Å²) in [6, 6.07) is 19.0. The third-order valence-electron chi connectivity index (χ3n) is 5.47. The van der Waals surface area contributed by atoms with E-state index in [4.69, 9.17) is 4.74 Å². The largest absolute Gasteiger partial charge is 0.457 e. The second kappa shape index (κ2) is 10.1. The van der Waals surface area contributed by atoms with Crippen LogP contribution in [-0.2, 0) is 6.18 Å². The van der Waals surface area contributed by atoms with Gasteiger partial charge >= 0.3 is 6.18 Å². The smallest absolute Gasteiger partial charge is 0.416 e. The van der Waals surface area contributed by atoms with E-state index in [2.05, 4.69) is 25.8 Å². The molecule has 2 aromatic heterocycles. The van der Waals surface area contributed by atoms with Crippen LogP contribution in [0.2, 0.25) is 0 Å². The minimum Gasteiger partial charge on any atom is -0.457 e. The molecule has 0 aliphatic rings. The van der Waals surface area contributed by atoms with Crippen LogP contribution < -0.4 is 15.4 Å². The number of ether oxygens (including phenoxy) is 1. The van der Waals surface area contributed by atoms with Crippen molar-refractivity contribution in [3.8, 4) is 11.5 Å². The molecule has 5 aromatic rings. The summed E-state index contributed by atoms with van der Waals surface area (Å²) in [5.41, 5.74) is 0.313. The quantitative estimate of drug-likeness (QED) is 0.246. The van der Waals surface area contributed by atoms with Crippen LogP contribution in [0.4, 0.5) is 24.7 Å².